The Morgan fingerprint density at radius 2 is 1.91 bits per heavy atom. The summed E-state index contributed by atoms with van der Waals surface area (Å²) in [5.41, 5.74) is 2.22. The minimum atomic E-state index is -0.637. The standard InChI is InChI=1S/C25H43N5O2.HI/c1-7-26-24(27-15-9-17-30-16-8-10-21(30)23(32)29(5)6)28-18-22(31)19-11-13-20(14-12-19)25(2,3)4;/h11-14,21-22,31H,7-10,15-18H2,1-6H3,(H2,26,27,28);1H. The highest BCUT2D eigenvalue weighted by atomic mass is 127. The molecule has 188 valence electrons. The molecular formula is C25H44IN5O2. The van der Waals surface area contributed by atoms with E-state index in [1.165, 1.54) is 5.56 Å². The van der Waals surface area contributed by atoms with Gasteiger partial charge in [0.05, 0.1) is 18.7 Å². The molecule has 0 saturated carbocycles. The number of hydrogen-bond acceptors (Lipinski definition) is 4. The van der Waals surface area contributed by atoms with Crippen LogP contribution in [0.4, 0.5) is 0 Å². The van der Waals surface area contributed by atoms with Gasteiger partial charge in [0.2, 0.25) is 5.91 Å². The highest BCUT2D eigenvalue weighted by Crippen LogP contribution is 2.24. The van der Waals surface area contributed by atoms with E-state index in [1.54, 1.807) is 4.90 Å². The molecule has 0 radical (unpaired) electrons. The average molecular weight is 574 g/mol. The molecule has 1 aromatic rings. The summed E-state index contributed by atoms with van der Waals surface area (Å²) < 4.78 is 0. The minimum Gasteiger partial charge on any atom is -0.386 e. The van der Waals surface area contributed by atoms with Crippen molar-refractivity contribution in [2.45, 2.75) is 64.5 Å². The number of hydrogen-bond donors (Lipinski definition) is 3. The van der Waals surface area contributed by atoms with E-state index in [9.17, 15) is 9.90 Å². The molecule has 0 aromatic heterocycles. The molecule has 1 saturated heterocycles. The summed E-state index contributed by atoms with van der Waals surface area (Å²) in [6, 6.07) is 8.16. The van der Waals surface area contributed by atoms with Crippen LogP contribution in [-0.4, -0.2) is 79.6 Å². The van der Waals surface area contributed by atoms with Crippen LogP contribution < -0.4 is 10.6 Å². The number of aliphatic hydroxyl groups excluding tert-OH is 1. The summed E-state index contributed by atoms with van der Waals surface area (Å²) in [5, 5.41) is 17.2. The van der Waals surface area contributed by atoms with Gasteiger partial charge in [-0.3, -0.25) is 14.7 Å². The Bertz CT molecular complexity index is 746. The number of rotatable bonds is 9. The molecule has 1 heterocycles. The van der Waals surface area contributed by atoms with Gasteiger partial charge >= 0.3 is 0 Å². The molecule has 33 heavy (non-hydrogen) atoms. The summed E-state index contributed by atoms with van der Waals surface area (Å²) in [7, 11) is 3.65. The maximum absolute atomic E-state index is 12.3. The van der Waals surface area contributed by atoms with Crippen molar-refractivity contribution in [1.29, 1.82) is 0 Å². The Hall–Kier alpha value is -1.39. The Labute approximate surface area is 217 Å². The smallest absolute Gasteiger partial charge is 0.239 e. The van der Waals surface area contributed by atoms with Crippen molar-refractivity contribution >= 4 is 35.8 Å². The van der Waals surface area contributed by atoms with Gasteiger partial charge in [-0.25, -0.2) is 0 Å². The lowest BCUT2D eigenvalue weighted by Crippen LogP contribution is -2.44. The summed E-state index contributed by atoms with van der Waals surface area (Å²) in [4.78, 5) is 20.9. The third-order valence-corrected chi connectivity index (χ3v) is 5.93. The van der Waals surface area contributed by atoms with Gasteiger partial charge in [0.15, 0.2) is 5.96 Å². The van der Waals surface area contributed by atoms with Crippen LogP contribution in [0.15, 0.2) is 29.3 Å². The third-order valence-electron chi connectivity index (χ3n) is 5.93. The highest BCUT2D eigenvalue weighted by molar-refractivity contribution is 14.0. The molecule has 3 N–H and O–H groups in total. The van der Waals surface area contributed by atoms with E-state index < -0.39 is 6.10 Å². The fourth-order valence-corrected chi connectivity index (χ4v) is 3.99. The summed E-state index contributed by atoms with van der Waals surface area (Å²) >= 11 is 0. The Kier molecular flexibility index (Phi) is 12.7. The number of nitrogens with one attached hydrogen (secondary N) is 2. The van der Waals surface area contributed by atoms with Gasteiger partial charge in [-0.2, -0.15) is 0 Å². The zero-order valence-corrected chi connectivity index (χ0v) is 23.6. The molecule has 0 spiro atoms. The van der Waals surface area contributed by atoms with E-state index in [4.69, 9.17) is 0 Å². The van der Waals surface area contributed by atoms with Gasteiger partial charge in [-0.15, -0.1) is 24.0 Å². The molecule has 8 heteroatoms. The van der Waals surface area contributed by atoms with Crippen molar-refractivity contribution in [3.05, 3.63) is 35.4 Å². The third kappa shape index (κ3) is 9.41. The number of aliphatic imine (C=N–C) groups is 1. The predicted octanol–water partition coefficient (Wildman–Crippen LogP) is 3.13. The summed E-state index contributed by atoms with van der Waals surface area (Å²) in [5.74, 6) is 0.912. The van der Waals surface area contributed by atoms with Gasteiger partial charge in [0.1, 0.15) is 0 Å². The normalized spacial score (nSPS) is 17.9. The maximum Gasteiger partial charge on any atom is 0.239 e. The van der Waals surface area contributed by atoms with Crippen molar-refractivity contribution in [2.24, 2.45) is 4.99 Å². The fraction of sp³-hybridized carbons (Fsp3) is 0.680. The SMILES string of the molecule is CCNC(=NCC(O)c1ccc(C(C)(C)C)cc1)NCCCN1CCCC1C(=O)N(C)C.I. The zero-order chi connectivity index (χ0) is 23.7. The monoisotopic (exact) mass is 573 g/mol. The summed E-state index contributed by atoms with van der Waals surface area (Å²) in [6.45, 7) is 12.3. The van der Waals surface area contributed by atoms with E-state index in [2.05, 4.69) is 53.4 Å². The largest absolute Gasteiger partial charge is 0.386 e. The second kappa shape index (κ2) is 14.1. The molecule has 0 aliphatic carbocycles. The molecule has 2 rings (SSSR count). The van der Waals surface area contributed by atoms with Gasteiger partial charge in [0, 0.05) is 33.7 Å². The first-order valence-electron chi connectivity index (χ1n) is 11.9. The lowest BCUT2D eigenvalue weighted by atomic mass is 9.86. The van der Waals surface area contributed by atoms with Gasteiger partial charge in [-0.05, 0) is 49.3 Å². The molecule has 1 aliphatic rings. The molecule has 1 fully saturated rings. The zero-order valence-electron chi connectivity index (χ0n) is 21.2. The van der Waals surface area contributed by atoms with Gasteiger partial charge in [0.25, 0.3) is 0 Å². The number of nitrogens with zero attached hydrogens (tertiary/aromatic N) is 3. The Morgan fingerprint density at radius 1 is 1.24 bits per heavy atom. The highest BCUT2D eigenvalue weighted by Gasteiger charge is 2.30. The quantitative estimate of drug-likeness (QED) is 0.183. The lowest BCUT2D eigenvalue weighted by Gasteiger charge is -2.26. The van der Waals surface area contributed by atoms with Crippen LogP contribution in [-0.2, 0) is 10.2 Å². The number of benzene rings is 1. The van der Waals surface area contributed by atoms with E-state index in [1.807, 2.05) is 33.2 Å². The molecule has 1 aliphatic heterocycles. The van der Waals surface area contributed by atoms with Crippen LogP contribution in [0.3, 0.4) is 0 Å². The molecule has 2 unspecified atom stereocenters. The molecule has 2 atom stereocenters. The summed E-state index contributed by atoms with van der Waals surface area (Å²) in [6.07, 6.45) is 2.32. The molecular weight excluding hydrogens is 529 g/mol. The van der Waals surface area contributed by atoms with Crippen molar-refractivity contribution < 1.29 is 9.90 Å². The second-order valence-corrected chi connectivity index (χ2v) is 9.81. The predicted molar refractivity (Wildman–Crippen MR) is 147 cm³/mol. The van der Waals surface area contributed by atoms with Crippen LogP contribution in [0.1, 0.15) is 64.2 Å². The van der Waals surface area contributed by atoms with Crippen LogP contribution in [0.5, 0.6) is 0 Å². The number of halogens is 1. The van der Waals surface area contributed by atoms with E-state index in [-0.39, 0.29) is 41.3 Å². The minimum absolute atomic E-state index is 0. The Morgan fingerprint density at radius 3 is 2.48 bits per heavy atom. The van der Waals surface area contributed by atoms with Gasteiger partial charge in [-0.1, -0.05) is 45.0 Å². The van der Waals surface area contributed by atoms with Crippen LogP contribution >= 0.6 is 24.0 Å². The average Bonchev–Trinajstić information content (AvgIpc) is 3.21. The topological polar surface area (TPSA) is 80.2 Å². The number of guanidine groups is 1. The number of likely N-dealkylation sites (N-methyl/N-ethyl adjacent to an activating group) is 1. The van der Waals surface area contributed by atoms with E-state index in [0.717, 1.165) is 51.0 Å². The van der Waals surface area contributed by atoms with E-state index in [0.29, 0.717) is 12.5 Å². The number of carbonyl (C=O) groups is 1. The van der Waals surface area contributed by atoms with Crippen LogP contribution in [0, 0.1) is 0 Å². The molecule has 7 nitrogen and oxygen atoms in total. The molecule has 1 aromatic carbocycles. The number of aliphatic hydroxyl groups is 1. The van der Waals surface area contributed by atoms with Gasteiger partial charge < -0.3 is 20.6 Å². The maximum atomic E-state index is 12.3. The lowest BCUT2D eigenvalue weighted by molar-refractivity contribution is -0.133. The Balaban J connectivity index is 0.00000544. The van der Waals surface area contributed by atoms with Crippen molar-refractivity contribution in [1.82, 2.24) is 20.4 Å². The number of amides is 1. The first-order valence-corrected chi connectivity index (χ1v) is 11.9. The number of carbonyl (C=O) groups excluding carboxylic acids is 1. The molecule has 0 bridgehead atoms. The van der Waals surface area contributed by atoms with E-state index >= 15 is 0 Å². The second-order valence-electron chi connectivity index (χ2n) is 9.81. The first-order chi connectivity index (χ1) is 15.1. The molecule has 1 amide bonds. The van der Waals surface area contributed by atoms with Crippen LogP contribution in [0.2, 0.25) is 0 Å². The fourth-order valence-electron chi connectivity index (χ4n) is 3.99. The first kappa shape index (κ1) is 29.6. The van der Waals surface area contributed by atoms with Crippen molar-refractivity contribution in [3.63, 3.8) is 0 Å². The number of likely N-dealkylation sites (tertiary alicyclic amines) is 1. The van der Waals surface area contributed by atoms with Crippen molar-refractivity contribution in [2.75, 3.05) is 46.8 Å². The van der Waals surface area contributed by atoms with Crippen LogP contribution in [0.25, 0.3) is 0 Å². The van der Waals surface area contributed by atoms with Crippen molar-refractivity contribution in [3.8, 4) is 0 Å².